The van der Waals surface area contributed by atoms with Gasteiger partial charge in [-0.3, -0.25) is 9.67 Å². The molecule has 160 valence electrons. The first kappa shape index (κ1) is 20.5. The van der Waals surface area contributed by atoms with Gasteiger partial charge in [-0.15, -0.1) is 0 Å². The van der Waals surface area contributed by atoms with Crippen molar-refractivity contribution in [3.63, 3.8) is 0 Å². The van der Waals surface area contributed by atoms with Crippen LogP contribution >= 0.6 is 0 Å². The number of hydrogen-bond acceptors (Lipinski definition) is 6. The number of methoxy groups -OCH3 is 2. The Labute approximate surface area is 179 Å². The SMILES string of the molecule is COC(=O)c1ccc2c(c1)nc(-c1ccc(OC)cc1O)n2-c1cc(C(C)(C)C)[nH]n1. The van der Waals surface area contributed by atoms with Crippen molar-refractivity contribution < 1.29 is 19.4 Å². The maximum absolute atomic E-state index is 12.0. The van der Waals surface area contributed by atoms with Crippen LogP contribution in [0.1, 0.15) is 36.8 Å². The van der Waals surface area contributed by atoms with Crippen LogP contribution in [0.15, 0.2) is 42.5 Å². The Morgan fingerprint density at radius 3 is 2.48 bits per heavy atom. The second-order valence-corrected chi connectivity index (χ2v) is 8.24. The molecular weight excluding hydrogens is 396 g/mol. The second kappa shape index (κ2) is 7.46. The van der Waals surface area contributed by atoms with Gasteiger partial charge in [0.2, 0.25) is 0 Å². The summed E-state index contributed by atoms with van der Waals surface area (Å²) >= 11 is 0. The lowest BCUT2D eigenvalue weighted by Crippen LogP contribution is -2.11. The first-order valence-corrected chi connectivity index (χ1v) is 9.77. The van der Waals surface area contributed by atoms with Gasteiger partial charge in [0.15, 0.2) is 11.6 Å². The van der Waals surface area contributed by atoms with E-state index in [-0.39, 0.29) is 11.2 Å². The van der Waals surface area contributed by atoms with E-state index in [1.807, 2.05) is 10.6 Å². The lowest BCUT2D eigenvalue weighted by atomic mass is 9.92. The number of carbonyl (C=O) groups is 1. The summed E-state index contributed by atoms with van der Waals surface area (Å²) in [5.74, 6) is 1.23. The van der Waals surface area contributed by atoms with E-state index in [2.05, 4.69) is 31.0 Å². The summed E-state index contributed by atoms with van der Waals surface area (Å²) in [4.78, 5) is 16.7. The monoisotopic (exact) mass is 420 g/mol. The number of aromatic hydroxyl groups is 1. The van der Waals surface area contributed by atoms with Crippen LogP contribution in [0.3, 0.4) is 0 Å². The molecule has 8 nitrogen and oxygen atoms in total. The molecule has 4 rings (SSSR count). The number of nitrogens with one attached hydrogen (secondary N) is 1. The fourth-order valence-corrected chi connectivity index (χ4v) is 3.38. The minimum atomic E-state index is -0.444. The Kier molecular flexibility index (Phi) is 4.93. The van der Waals surface area contributed by atoms with Crippen molar-refractivity contribution in [3.05, 3.63) is 53.7 Å². The normalized spacial score (nSPS) is 11.6. The number of rotatable bonds is 4. The zero-order chi connectivity index (χ0) is 22.3. The van der Waals surface area contributed by atoms with Crippen molar-refractivity contribution in [1.82, 2.24) is 19.7 Å². The van der Waals surface area contributed by atoms with E-state index in [0.717, 1.165) is 11.2 Å². The van der Waals surface area contributed by atoms with Crippen molar-refractivity contribution in [1.29, 1.82) is 0 Å². The number of benzene rings is 2. The Bertz CT molecular complexity index is 1280. The molecule has 2 aromatic heterocycles. The number of hydrogen-bond donors (Lipinski definition) is 2. The van der Waals surface area contributed by atoms with Crippen LogP contribution in [0.4, 0.5) is 0 Å². The van der Waals surface area contributed by atoms with Crippen LogP contribution in [0.5, 0.6) is 11.5 Å². The van der Waals surface area contributed by atoms with Crippen molar-refractivity contribution in [2.45, 2.75) is 26.2 Å². The van der Waals surface area contributed by atoms with Crippen LogP contribution in [-0.4, -0.2) is 45.0 Å². The number of nitrogens with zero attached hydrogens (tertiary/aromatic N) is 3. The molecule has 0 amide bonds. The Hall–Kier alpha value is -3.81. The molecule has 0 aliphatic rings. The standard InChI is InChI=1S/C23H24N4O4/c1-23(2,3)19-12-20(26-25-19)27-17-9-6-13(22(29)31-5)10-16(17)24-21(27)15-8-7-14(30-4)11-18(15)28/h6-12,28H,1-5H3,(H,25,26). The Morgan fingerprint density at radius 1 is 1.10 bits per heavy atom. The molecule has 0 saturated heterocycles. The molecule has 0 fully saturated rings. The lowest BCUT2D eigenvalue weighted by molar-refractivity contribution is 0.0601. The molecule has 4 aromatic rings. The van der Waals surface area contributed by atoms with Gasteiger partial charge in [0.1, 0.15) is 11.5 Å². The van der Waals surface area contributed by atoms with Crippen molar-refractivity contribution in [2.24, 2.45) is 0 Å². The number of phenols is 1. The third-order valence-corrected chi connectivity index (χ3v) is 5.12. The highest BCUT2D eigenvalue weighted by Crippen LogP contribution is 2.36. The lowest BCUT2D eigenvalue weighted by Gasteiger charge is -2.14. The van der Waals surface area contributed by atoms with Gasteiger partial charge in [0.25, 0.3) is 0 Å². The van der Waals surface area contributed by atoms with E-state index in [1.165, 1.54) is 20.3 Å². The van der Waals surface area contributed by atoms with Gasteiger partial charge in [-0.2, -0.15) is 5.10 Å². The molecule has 0 saturated carbocycles. The number of fused-ring (bicyclic) bond motifs is 1. The van der Waals surface area contributed by atoms with E-state index in [1.54, 1.807) is 30.3 Å². The van der Waals surface area contributed by atoms with Crippen LogP contribution < -0.4 is 4.74 Å². The first-order valence-electron chi connectivity index (χ1n) is 9.77. The topological polar surface area (TPSA) is 102 Å². The Balaban J connectivity index is 1.98. The van der Waals surface area contributed by atoms with Crippen molar-refractivity contribution in [2.75, 3.05) is 14.2 Å². The third-order valence-electron chi connectivity index (χ3n) is 5.12. The number of aromatic amines is 1. The summed E-state index contributed by atoms with van der Waals surface area (Å²) in [7, 11) is 2.87. The number of H-pyrrole nitrogens is 1. The molecule has 0 aliphatic heterocycles. The maximum Gasteiger partial charge on any atom is 0.337 e. The zero-order valence-corrected chi connectivity index (χ0v) is 18.1. The predicted molar refractivity (Wildman–Crippen MR) is 117 cm³/mol. The molecule has 0 radical (unpaired) electrons. The molecule has 2 N–H and O–H groups in total. The fraction of sp³-hybridized carbons (Fsp3) is 0.261. The highest BCUT2D eigenvalue weighted by molar-refractivity contribution is 5.95. The number of esters is 1. The number of aromatic nitrogens is 4. The highest BCUT2D eigenvalue weighted by atomic mass is 16.5. The van der Waals surface area contributed by atoms with E-state index in [4.69, 9.17) is 14.5 Å². The average Bonchev–Trinajstić information content (AvgIpc) is 3.36. The van der Waals surface area contributed by atoms with Gasteiger partial charge >= 0.3 is 5.97 Å². The summed E-state index contributed by atoms with van der Waals surface area (Å²) in [6.07, 6.45) is 0. The molecule has 0 spiro atoms. The number of ether oxygens (including phenoxy) is 2. The van der Waals surface area contributed by atoms with Gasteiger partial charge in [-0.25, -0.2) is 9.78 Å². The zero-order valence-electron chi connectivity index (χ0n) is 18.1. The largest absolute Gasteiger partial charge is 0.507 e. The summed E-state index contributed by atoms with van der Waals surface area (Å²) in [5, 5.41) is 18.2. The molecule has 2 aromatic carbocycles. The van der Waals surface area contributed by atoms with E-state index in [0.29, 0.717) is 34.0 Å². The second-order valence-electron chi connectivity index (χ2n) is 8.24. The van der Waals surface area contributed by atoms with E-state index < -0.39 is 5.97 Å². The minimum Gasteiger partial charge on any atom is -0.507 e. The molecule has 0 bridgehead atoms. The van der Waals surface area contributed by atoms with Gasteiger partial charge < -0.3 is 14.6 Å². The number of imidazole rings is 1. The summed E-state index contributed by atoms with van der Waals surface area (Å²) in [6.45, 7) is 6.28. The predicted octanol–water partition coefficient (Wildman–Crippen LogP) is 4.21. The molecule has 31 heavy (non-hydrogen) atoms. The van der Waals surface area contributed by atoms with Crippen LogP contribution in [0.25, 0.3) is 28.2 Å². The smallest absolute Gasteiger partial charge is 0.337 e. The van der Waals surface area contributed by atoms with Gasteiger partial charge in [0, 0.05) is 23.2 Å². The number of phenolic OH excluding ortho intramolecular Hbond substituents is 1. The van der Waals surface area contributed by atoms with Crippen molar-refractivity contribution >= 4 is 17.0 Å². The van der Waals surface area contributed by atoms with Gasteiger partial charge in [0.05, 0.1) is 36.4 Å². The van der Waals surface area contributed by atoms with E-state index >= 15 is 0 Å². The molecular formula is C23H24N4O4. The van der Waals surface area contributed by atoms with Crippen LogP contribution in [0.2, 0.25) is 0 Å². The third kappa shape index (κ3) is 3.61. The highest BCUT2D eigenvalue weighted by Gasteiger charge is 2.23. The quantitative estimate of drug-likeness (QED) is 0.480. The molecule has 0 aliphatic carbocycles. The molecule has 0 atom stereocenters. The minimum absolute atomic E-state index is 0.0238. The van der Waals surface area contributed by atoms with Crippen molar-refractivity contribution in [3.8, 4) is 28.7 Å². The van der Waals surface area contributed by atoms with Crippen LogP contribution in [-0.2, 0) is 10.2 Å². The van der Waals surface area contributed by atoms with Gasteiger partial charge in [-0.1, -0.05) is 20.8 Å². The Morgan fingerprint density at radius 2 is 1.87 bits per heavy atom. The molecule has 8 heteroatoms. The average molecular weight is 420 g/mol. The molecule has 0 unspecified atom stereocenters. The van der Waals surface area contributed by atoms with Crippen LogP contribution in [0, 0.1) is 0 Å². The summed E-state index contributed by atoms with van der Waals surface area (Å²) < 4.78 is 11.9. The summed E-state index contributed by atoms with van der Waals surface area (Å²) in [5.41, 5.74) is 3.06. The summed E-state index contributed by atoms with van der Waals surface area (Å²) in [6, 6.07) is 12.1. The molecule has 2 heterocycles. The van der Waals surface area contributed by atoms with E-state index in [9.17, 15) is 9.90 Å². The maximum atomic E-state index is 12.0. The first-order chi connectivity index (χ1) is 14.7. The van der Waals surface area contributed by atoms with Gasteiger partial charge in [-0.05, 0) is 30.3 Å². The fourth-order valence-electron chi connectivity index (χ4n) is 3.38. The number of carbonyl (C=O) groups excluding carboxylic acids is 1.